The van der Waals surface area contributed by atoms with Crippen LogP contribution in [0.25, 0.3) is 11.0 Å². The first-order valence-corrected chi connectivity index (χ1v) is 14.5. The van der Waals surface area contributed by atoms with Crippen molar-refractivity contribution >= 4 is 40.9 Å². The second-order valence-electron chi connectivity index (χ2n) is 9.94. The highest BCUT2D eigenvalue weighted by Gasteiger charge is 2.36. The second kappa shape index (κ2) is 9.38. The number of benzene rings is 1. The van der Waals surface area contributed by atoms with Crippen LogP contribution < -0.4 is 20.7 Å². The molecule has 6 rings (SSSR count). The second-order valence-corrected chi connectivity index (χ2v) is 12.5. The van der Waals surface area contributed by atoms with E-state index < -0.39 is 18.9 Å². The molecule has 2 aromatic heterocycles. The van der Waals surface area contributed by atoms with Crippen LogP contribution in [0, 0.1) is 0 Å². The lowest BCUT2D eigenvalue weighted by atomic mass is 10.2. The maximum atomic E-state index is 13.7. The lowest BCUT2D eigenvalue weighted by Gasteiger charge is -2.22. The van der Waals surface area contributed by atoms with Crippen molar-refractivity contribution in [2.75, 3.05) is 17.7 Å². The molecule has 3 N–H and O–H groups in total. The summed E-state index contributed by atoms with van der Waals surface area (Å²) in [5.74, 6) is 4.16. The topological polar surface area (TPSA) is 95.2 Å². The Morgan fingerprint density at radius 2 is 1.84 bits per heavy atom. The Labute approximate surface area is 217 Å². The third-order valence-corrected chi connectivity index (χ3v) is 9.49. The van der Waals surface area contributed by atoms with Crippen LogP contribution in [0.15, 0.2) is 48.4 Å². The fraction of sp³-hybridized carbons (Fsp3) is 0.385. The number of H-pyrrole nitrogens is 1. The summed E-state index contributed by atoms with van der Waals surface area (Å²) in [6, 6.07) is 5.72. The van der Waals surface area contributed by atoms with Crippen LogP contribution in [0.2, 0.25) is 0 Å². The van der Waals surface area contributed by atoms with Gasteiger partial charge in [0.05, 0.1) is 23.7 Å². The molecule has 200 valence electrons. The van der Waals surface area contributed by atoms with Crippen molar-refractivity contribution in [3.63, 3.8) is 0 Å². The Kier molecular flexibility index (Phi) is 6.13. The molecule has 8 nitrogen and oxygen atoms in total. The first-order chi connectivity index (χ1) is 18.2. The van der Waals surface area contributed by atoms with Crippen molar-refractivity contribution in [1.82, 2.24) is 19.9 Å². The summed E-state index contributed by atoms with van der Waals surface area (Å²) in [5, 5.41) is 6.83. The molecule has 3 aromatic rings. The number of nitrogens with one attached hydrogen (secondary N) is 3. The van der Waals surface area contributed by atoms with E-state index in [1.54, 1.807) is 29.8 Å². The molecule has 1 aliphatic heterocycles. The number of aromatic amines is 1. The monoisotopic (exact) mass is 544 g/mol. The zero-order valence-corrected chi connectivity index (χ0v) is 21.6. The van der Waals surface area contributed by atoms with E-state index in [1.807, 2.05) is 12.4 Å². The summed E-state index contributed by atoms with van der Waals surface area (Å²) in [5.41, 5.74) is -0.228. The quantitative estimate of drug-likeness (QED) is 0.293. The molecule has 0 atom stereocenters. The number of hydrogen-bond acceptors (Lipinski definition) is 7. The lowest BCUT2D eigenvalue weighted by molar-refractivity contribution is -0.136. The molecule has 3 heterocycles. The average Bonchev–Trinajstić information content (AvgIpc) is 3.42. The van der Waals surface area contributed by atoms with Crippen LogP contribution in [0.3, 0.4) is 0 Å². The predicted molar refractivity (Wildman–Crippen MR) is 141 cm³/mol. The third-order valence-electron chi connectivity index (χ3n) is 7.26. The van der Waals surface area contributed by atoms with Gasteiger partial charge in [0, 0.05) is 36.0 Å². The summed E-state index contributed by atoms with van der Waals surface area (Å²) in [6.45, 7) is 0. The number of anilines is 3. The minimum Gasteiger partial charge on any atom is -0.495 e. The van der Waals surface area contributed by atoms with Crippen molar-refractivity contribution in [1.29, 1.82) is 0 Å². The van der Waals surface area contributed by atoms with Gasteiger partial charge in [0.25, 0.3) is 0 Å². The van der Waals surface area contributed by atoms with Crippen LogP contribution in [0.5, 0.6) is 5.75 Å². The Hall–Kier alpha value is -3.46. The van der Waals surface area contributed by atoms with E-state index in [4.69, 9.17) is 4.74 Å². The van der Waals surface area contributed by atoms with Gasteiger partial charge in [-0.05, 0) is 55.5 Å². The summed E-state index contributed by atoms with van der Waals surface area (Å²) < 4.78 is 60.3. The molecule has 0 spiro atoms. The Morgan fingerprint density at radius 3 is 2.50 bits per heavy atom. The minimum absolute atomic E-state index is 0.0513. The van der Waals surface area contributed by atoms with Gasteiger partial charge in [0.15, 0.2) is 7.14 Å². The lowest BCUT2D eigenvalue weighted by Crippen LogP contribution is -2.17. The summed E-state index contributed by atoms with van der Waals surface area (Å²) in [4.78, 5) is 13.5. The SMILES string of the molecule is COc1cc(P2(=O)C=CN(C3CC3)C=C2)ccc1Nc1nc(NC2CCCC2)c2c(C(F)(F)F)c[nH]c2n1. The maximum Gasteiger partial charge on any atom is 0.418 e. The number of halogens is 3. The Bertz CT molecular complexity index is 1460. The molecular formula is C26H28F3N6O2P. The summed E-state index contributed by atoms with van der Waals surface area (Å²) >= 11 is 0. The smallest absolute Gasteiger partial charge is 0.418 e. The molecule has 0 bridgehead atoms. The summed E-state index contributed by atoms with van der Waals surface area (Å²) in [6.07, 6.45) is 6.20. The van der Waals surface area contributed by atoms with E-state index in [0.717, 1.165) is 44.7 Å². The molecule has 2 aliphatic carbocycles. The number of aromatic nitrogens is 3. The molecule has 1 aromatic carbocycles. The van der Waals surface area contributed by atoms with Crippen LogP contribution in [0.4, 0.5) is 30.6 Å². The molecule has 0 unspecified atom stereocenters. The number of nitrogens with zero attached hydrogens (tertiary/aromatic N) is 3. The van der Waals surface area contributed by atoms with Gasteiger partial charge in [0.2, 0.25) is 5.95 Å². The van der Waals surface area contributed by atoms with Crippen molar-refractivity contribution in [3.05, 3.63) is 54.0 Å². The van der Waals surface area contributed by atoms with Crippen molar-refractivity contribution in [2.45, 2.75) is 56.8 Å². The highest BCUT2D eigenvalue weighted by Crippen LogP contribution is 2.51. The van der Waals surface area contributed by atoms with Gasteiger partial charge >= 0.3 is 6.18 Å². The van der Waals surface area contributed by atoms with E-state index >= 15 is 0 Å². The van der Waals surface area contributed by atoms with Crippen LogP contribution in [-0.2, 0) is 10.7 Å². The van der Waals surface area contributed by atoms with Gasteiger partial charge in [-0.3, -0.25) is 0 Å². The van der Waals surface area contributed by atoms with Gasteiger partial charge in [-0.2, -0.15) is 23.1 Å². The summed E-state index contributed by atoms with van der Waals surface area (Å²) in [7, 11) is -1.39. The molecule has 0 saturated heterocycles. The van der Waals surface area contributed by atoms with Crippen molar-refractivity contribution in [3.8, 4) is 5.75 Å². The molecule has 2 fully saturated rings. The van der Waals surface area contributed by atoms with Gasteiger partial charge < -0.3 is 29.8 Å². The highest BCUT2D eigenvalue weighted by molar-refractivity contribution is 7.77. The van der Waals surface area contributed by atoms with Gasteiger partial charge in [0.1, 0.15) is 17.2 Å². The predicted octanol–water partition coefficient (Wildman–Crippen LogP) is 6.49. The van der Waals surface area contributed by atoms with Crippen molar-refractivity contribution in [2.24, 2.45) is 0 Å². The first-order valence-electron chi connectivity index (χ1n) is 12.7. The molecule has 0 amide bonds. The normalized spacial score (nSPS) is 19.3. The zero-order chi connectivity index (χ0) is 26.5. The fourth-order valence-electron chi connectivity index (χ4n) is 5.04. The van der Waals surface area contributed by atoms with Crippen LogP contribution >= 0.6 is 7.14 Å². The molecular weight excluding hydrogens is 516 g/mol. The molecule has 38 heavy (non-hydrogen) atoms. The van der Waals surface area contributed by atoms with Crippen LogP contribution in [0.1, 0.15) is 44.1 Å². The van der Waals surface area contributed by atoms with E-state index in [2.05, 4.69) is 30.5 Å². The van der Waals surface area contributed by atoms with E-state index in [9.17, 15) is 17.7 Å². The number of alkyl halides is 3. The molecule has 2 saturated carbocycles. The Morgan fingerprint density at radius 1 is 1.11 bits per heavy atom. The third kappa shape index (κ3) is 4.75. The Balaban J connectivity index is 1.32. The standard InChI is InChI=1S/C26H28F3N6O2P/c1-37-21-14-18(38(36)12-10-35(11-13-38)17-6-7-17)8-9-20(21)32-25-33-23-22(19(15-30-23)26(27,28)29)24(34-25)31-16-4-2-3-5-16/h8-17H,2-7H2,1H3,(H3,30,31,32,33,34). The number of hydrogen-bond donors (Lipinski definition) is 3. The van der Waals surface area contributed by atoms with Gasteiger partial charge in [-0.1, -0.05) is 12.8 Å². The number of methoxy groups -OCH3 is 1. The number of fused-ring (bicyclic) bond motifs is 1. The average molecular weight is 545 g/mol. The number of rotatable bonds is 7. The largest absolute Gasteiger partial charge is 0.495 e. The van der Waals surface area contributed by atoms with Crippen molar-refractivity contribution < 1.29 is 22.5 Å². The van der Waals surface area contributed by atoms with E-state index in [0.29, 0.717) is 22.8 Å². The van der Waals surface area contributed by atoms with E-state index in [1.165, 1.54) is 7.11 Å². The molecule has 3 aliphatic rings. The highest BCUT2D eigenvalue weighted by atomic mass is 31.2. The number of ether oxygens (including phenoxy) is 1. The zero-order valence-electron chi connectivity index (χ0n) is 20.8. The maximum absolute atomic E-state index is 13.7. The first kappa shape index (κ1) is 24.9. The van der Waals surface area contributed by atoms with Gasteiger partial charge in [-0.15, -0.1) is 0 Å². The minimum atomic E-state index is -4.54. The van der Waals surface area contributed by atoms with Gasteiger partial charge in [-0.25, -0.2) is 0 Å². The fourth-order valence-corrected chi connectivity index (χ4v) is 6.82. The molecule has 12 heteroatoms. The van der Waals surface area contributed by atoms with E-state index in [-0.39, 0.29) is 28.8 Å². The van der Waals surface area contributed by atoms with Crippen LogP contribution in [-0.4, -0.2) is 39.0 Å². The molecule has 0 radical (unpaired) electrons.